The monoisotopic (exact) mass is 461 g/mol. The quantitative estimate of drug-likeness (QED) is 0.339. The summed E-state index contributed by atoms with van der Waals surface area (Å²) in [6.07, 6.45) is 0.969. The third-order valence-corrected chi connectivity index (χ3v) is 7.25. The fourth-order valence-electron chi connectivity index (χ4n) is 3.32. The second-order valence-electron chi connectivity index (χ2n) is 7.97. The molecule has 2 heterocycles. The fraction of sp³-hybridized carbons (Fsp3) is 0.455. The largest absolute Gasteiger partial charge is 0.335 e. The van der Waals surface area contributed by atoms with Crippen molar-refractivity contribution in [2.24, 2.45) is 5.92 Å². The molecule has 0 saturated carbocycles. The summed E-state index contributed by atoms with van der Waals surface area (Å²) < 4.78 is 0. The van der Waals surface area contributed by atoms with E-state index >= 15 is 0 Å². The Kier molecular flexibility index (Phi) is 7.72. The van der Waals surface area contributed by atoms with E-state index < -0.39 is 4.92 Å². The van der Waals surface area contributed by atoms with E-state index in [0.717, 1.165) is 17.1 Å². The molecule has 0 aliphatic carbocycles. The van der Waals surface area contributed by atoms with Gasteiger partial charge in [-0.25, -0.2) is 0 Å². The third-order valence-electron chi connectivity index (χ3n) is 5.16. The van der Waals surface area contributed by atoms with Crippen LogP contribution < -0.4 is 0 Å². The number of benzene rings is 1. The Morgan fingerprint density at radius 3 is 2.29 bits per heavy atom. The summed E-state index contributed by atoms with van der Waals surface area (Å²) in [4.78, 5) is 42.5. The highest BCUT2D eigenvalue weighted by atomic mass is 32.2. The minimum atomic E-state index is -0.423. The summed E-state index contributed by atoms with van der Waals surface area (Å²) in [7, 11) is 0. The van der Waals surface area contributed by atoms with Crippen LogP contribution in [-0.2, 0) is 0 Å². The summed E-state index contributed by atoms with van der Waals surface area (Å²) in [6.45, 7) is 7.92. The Bertz CT molecular complexity index is 965. The SMILES string of the molecule is Cc1ccc(C(=O)N2CCN(C(=O)c3ccc(SCCC(C)C)c([N+](=O)[O-])c3)CC2)s1. The van der Waals surface area contributed by atoms with Gasteiger partial charge in [-0.15, -0.1) is 23.1 Å². The van der Waals surface area contributed by atoms with Gasteiger partial charge < -0.3 is 9.80 Å². The summed E-state index contributed by atoms with van der Waals surface area (Å²) >= 11 is 2.92. The predicted octanol–water partition coefficient (Wildman–Crippen LogP) is 4.70. The van der Waals surface area contributed by atoms with Crippen LogP contribution in [0.15, 0.2) is 35.2 Å². The molecule has 1 aromatic carbocycles. The summed E-state index contributed by atoms with van der Waals surface area (Å²) in [6, 6.07) is 8.48. The van der Waals surface area contributed by atoms with Crippen LogP contribution in [0.3, 0.4) is 0 Å². The lowest BCUT2D eigenvalue weighted by Crippen LogP contribution is -2.50. The first kappa shape index (κ1) is 23.3. The molecule has 1 fully saturated rings. The molecule has 1 aromatic heterocycles. The Hall–Kier alpha value is -2.39. The van der Waals surface area contributed by atoms with Gasteiger partial charge in [0, 0.05) is 42.7 Å². The van der Waals surface area contributed by atoms with E-state index in [2.05, 4.69) is 13.8 Å². The number of rotatable bonds is 7. The van der Waals surface area contributed by atoms with Crippen molar-refractivity contribution in [2.45, 2.75) is 32.1 Å². The zero-order valence-corrected chi connectivity index (χ0v) is 19.6. The van der Waals surface area contributed by atoms with Crippen LogP contribution in [0.25, 0.3) is 0 Å². The number of hydrogen-bond acceptors (Lipinski definition) is 6. The Morgan fingerprint density at radius 1 is 1.10 bits per heavy atom. The first-order valence-electron chi connectivity index (χ1n) is 10.3. The van der Waals surface area contributed by atoms with Crippen LogP contribution in [0.2, 0.25) is 0 Å². The number of nitrogens with zero attached hydrogens (tertiary/aromatic N) is 3. The van der Waals surface area contributed by atoms with Crippen molar-refractivity contribution >= 4 is 40.6 Å². The van der Waals surface area contributed by atoms with E-state index in [1.54, 1.807) is 21.9 Å². The van der Waals surface area contributed by atoms with Gasteiger partial charge in [0.25, 0.3) is 17.5 Å². The van der Waals surface area contributed by atoms with Crippen LogP contribution in [0, 0.1) is 23.0 Å². The van der Waals surface area contributed by atoms with E-state index in [-0.39, 0.29) is 17.5 Å². The second-order valence-corrected chi connectivity index (χ2v) is 10.4. The zero-order chi connectivity index (χ0) is 22.5. The molecule has 2 amide bonds. The van der Waals surface area contributed by atoms with Gasteiger partial charge in [-0.05, 0) is 49.3 Å². The maximum absolute atomic E-state index is 12.9. The van der Waals surface area contributed by atoms with E-state index in [1.807, 2.05) is 19.1 Å². The zero-order valence-electron chi connectivity index (χ0n) is 18.0. The molecule has 0 unspecified atom stereocenters. The lowest BCUT2D eigenvalue weighted by atomic mass is 10.1. The first-order valence-corrected chi connectivity index (χ1v) is 12.1. The lowest BCUT2D eigenvalue weighted by molar-refractivity contribution is -0.387. The van der Waals surface area contributed by atoms with Gasteiger partial charge in [0.2, 0.25) is 0 Å². The van der Waals surface area contributed by atoms with Gasteiger partial charge in [-0.3, -0.25) is 19.7 Å². The van der Waals surface area contributed by atoms with Crippen LogP contribution in [0.1, 0.15) is 45.2 Å². The van der Waals surface area contributed by atoms with Gasteiger partial charge >= 0.3 is 0 Å². The Balaban J connectivity index is 1.64. The van der Waals surface area contributed by atoms with Crippen LogP contribution in [-0.4, -0.2) is 58.5 Å². The normalized spacial score (nSPS) is 14.2. The number of carbonyl (C=O) groups is 2. The van der Waals surface area contributed by atoms with Crippen LogP contribution in [0.5, 0.6) is 0 Å². The summed E-state index contributed by atoms with van der Waals surface area (Å²) in [5, 5.41) is 11.5. The van der Waals surface area contributed by atoms with Crippen molar-refractivity contribution in [3.05, 3.63) is 55.8 Å². The average molecular weight is 462 g/mol. The van der Waals surface area contributed by atoms with E-state index in [4.69, 9.17) is 0 Å². The topological polar surface area (TPSA) is 83.8 Å². The molecule has 0 atom stereocenters. The van der Waals surface area contributed by atoms with Gasteiger partial charge in [0.05, 0.1) is 14.7 Å². The Labute approximate surface area is 190 Å². The molecular formula is C22H27N3O4S2. The maximum atomic E-state index is 12.9. The lowest BCUT2D eigenvalue weighted by Gasteiger charge is -2.34. The first-order chi connectivity index (χ1) is 14.8. The van der Waals surface area contributed by atoms with Crippen molar-refractivity contribution in [3.63, 3.8) is 0 Å². The molecule has 3 rings (SSSR count). The third kappa shape index (κ3) is 5.86. The van der Waals surface area contributed by atoms with Gasteiger partial charge in [-0.2, -0.15) is 0 Å². The highest BCUT2D eigenvalue weighted by Gasteiger charge is 2.27. The van der Waals surface area contributed by atoms with Crippen LogP contribution >= 0.6 is 23.1 Å². The standard InChI is InChI=1S/C22H27N3O4S2/c1-15(2)8-13-30-19-7-5-17(14-18(19)25(28)29)21(26)23-9-11-24(12-10-23)22(27)20-6-4-16(3)31-20/h4-7,14-15H,8-13H2,1-3H3. The minimum Gasteiger partial charge on any atom is -0.335 e. The molecule has 1 saturated heterocycles. The number of nitro groups is 1. The molecule has 7 nitrogen and oxygen atoms in total. The number of thioether (sulfide) groups is 1. The molecule has 0 radical (unpaired) electrons. The predicted molar refractivity (Wildman–Crippen MR) is 124 cm³/mol. The van der Waals surface area contributed by atoms with Crippen LogP contribution in [0.4, 0.5) is 5.69 Å². The summed E-state index contributed by atoms with van der Waals surface area (Å²) in [5.41, 5.74) is 0.287. The molecule has 0 bridgehead atoms. The number of carbonyl (C=O) groups excluding carboxylic acids is 2. The number of amides is 2. The highest BCUT2D eigenvalue weighted by Crippen LogP contribution is 2.31. The fourth-order valence-corrected chi connectivity index (χ4v) is 5.41. The van der Waals surface area contributed by atoms with Crippen molar-refractivity contribution in [3.8, 4) is 0 Å². The highest BCUT2D eigenvalue weighted by molar-refractivity contribution is 7.99. The maximum Gasteiger partial charge on any atom is 0.283 e. The number of aryl methyl sites for hydroxylation is 1. The van der Waals surface area contributed by atoms with E-state index in [0.29, 0.717) is 47.4 Å². The number of nitro benzene ring substituents is 1. The summed E-state index contributed by atoms with van der Waals surface area (Å²) in [5.74, 6) is 1.08. The molecule has 1 aliphatic rings. The smallest absolute Gasteiger partial charge is 0.283 e. The molecule has 9 heteroatoms. The van der Waals surface area contributed by atoms with E-state index in [1.165, 1.54) is 29.2 Å². The molecule has 166 valence electrons. The second kappa shape index (κ2) is 10.3. The van der Waals surface area contributed by atoms with Crippen molar-refractivity contribution in [1.82, 2.24) is 9.80 Å². The molecular weight excluding hydrogens is 434 g/mol. The number of piperazine rings is 1. The average Bonchev–Trinajstić information content (AvgIpc) is 3.19. The van der Waals surface area contributed by atoms with Crippen molar-refractivity contribution in [1.29, 1.82) is 0 Å². The molecule has 1 aliphatic heterocycles. The number of hydrogen-bond donors (Lipinski definition) is 0. The molecule has 0 N–H and O–H groups in total. The van der Waals surface area contributed by atoms with Gasteiger partial charge in [0.15, 0.2) is 0 Å². The van der Waals surface area contributed by atoms with E-state index in [9.17, 15) is 19.7 Å². The van der Waals surface area contributed by atoms with Gasteiger partial charge in [0.1, 0.15) is 0 Å². The molecule has 31 heavy (non-hydrogen) atoms. The molecule has 0 spiro atoms. The van der Waals surface area contributed by atoms with Crippen molar-refractivity contribution in [2.75, 3.05) is 31.9 Å². The minimum absolute atomic E-state index is 0.0105. The van der Waals surface area contributed by atoms with Crippen molar-refractivity contribution < 1.29 is 14.5 Å². The molecule has 2 aromatic rings. The number of thiophene rings is 1. The Morgan fingerprint density at radius 2 is 1.74 bits per heavy atom. The van der Waals surface area contributed by atoms with Gasteiger partial charge in [-0.1, -0.05) is 13.8 Å².